The summed E-state index contributed by atoms with van der Waals surface area (Å²) in [6.07, 6.45) is 0.380. The van der Waals surface area contributed by atoms with Crippen LogP contribution < -0.4 is 4.72 Å². The number of rotatable bonds is 4. The van der Waals surface area contributed by atoms with Gasteiger partial charge in [-0.1, -0.05) is 22.0 Å². The summed E-state index contributed by atoms with van der Waals surface area (Å²) in [5, 5.41) is 0. The van der Waals surface area contributed by atoms with Gasteiger partial charge in [0.15, 0.2) is 0 Å². The van der Waals surface area contributed by atoms with Crippen molar-refractivity contribution in [2.75, 3.05) is 6.54 Å². The van der Waals surface area contributed by atoms with Crippen LogP contribution >= 0.6 is 15.9 Å². The lowest BCUT2D eigenvalue weighted by Gasteiger charge is -2.03. The van der Waals surface area contributed by atoms with E-state index in [0.29, 0.717) is 16.5 Å². The van der Waals surface area contributed by atoms with Gasteiger partial charge in [-0.15, -0.1) is 0 Å². The van der Waals surface area contributed by atoms with Gasteiger partial charge in [0.25, 0.3) is 0 Å². The highest BCUT2D eigenvalue weighted by Gasteiger charge is 2.02. The quantitative estimate of drug-likeness (QED) is 0.828. The molecule has 14 heavy (non-hydrogen) atoms. The molecular formula is C8H9BrFNO2S. The molecule has 1 atom stereocenters. The van der Waals surface area contributed by atoms with E-state index in [4.69, 9.17) is 4.55 Å². The molecule has 2 N–H and O–H groups in total. The number of halogens is 2. The van der Waals surface area contributed by atoms with Crippen molar-refractivity contribution in [3.63, 3.8) is 0 Å². The molecule has 6 heteroatoms. The van der Waals surface area contributed by atoms with Crippen LogP contribution in [-0.4, -0.2) is 15.3 Å². The maximum atomic E-state index is 13.2. The van der Waals surface area contributed by atoms with E-state index in [1.54, 1.807) is 12.1 Å². The van der Waals surface area contributed by atoms with E-state index in [-0.39, 0.29) is 12.4 Å². The molecule has 0 aliphatic carbocycles. The molecule has 1 unspecified atom stereocenters. The summed E-state index contributed by atoms with van der Waals surface area (Å²) in [4.78, 5) is 0. The van der Waals surface area contributed by atoms with Gasteiger partial charge in [0.1, 0.15) is 5.82 Å². The molecule has 0 saturated carbocycles. The third kappa shape index (κ3) is 3.83. The number of benzene rings is 1. The Morgan fingerprint density at radius 2 is 2.29 bits per heavy atom. The summed E-state index contributed by atoms with van der Waals surface area (Å²) in [6, 6.07) is 4.74. The van der Waals surface area contributed by atoms with Crippen LogP contribution in [0, 0.1) is 5.82 Å². The van der Waals surface area contributed by atoms with Crippen molar-refractivity contribution in [3.05, 3.63) is 34.1 Å². The van der Waals surface area contributed by atoms with Crippen molar-refractivity contribution < 1.29 is 13.2 Å². The van der Waals surface area contributed by atoms with Gasteiger partial charge in [0, 0.05) is 11.0 Å². The largest absolute Gasteiger partial charge is 0.294 e. The lowest BCUT2D eigenvalue weighted by molar-refractivity contribution is 0.547. The Bertz CT molecular complexity index is 348. The van der Waals surface area contributed by atoms with Gasteiger partial charge in [-0.05, 0) is 24.1 Å². The molecule has 0 aromatic heterocycles. The van der Waals surface area contributed by atoms with E-state index in [1.165, 1.54) is 6.07 Å². The molecule has 0 aliphatic heterocycles. The van der Waals surface area contributed by atoms with E-state index in [1.807, 2.05) is 0 Å². The highest BCUT2D eigenvalue weighted by Crippen LogP contribution is 2.15. The fraction of sp³-hybridized carbons (Fsp3) is 0.250. The first-order valence-corrected chi connectivity index (χ1v) is 5.78. The van der Waals surface area contributed by atoms with Crippen LogP contribution in [0.2, 0.25) is 0 Å². The molecule has 0 bridgehead atoms. The molecule has 0 aliphatic rings. The van der Waals surface area contributed by atoms with Crippen molar-refractivity contribution in [1.82, 2.24) is 4.72 Å². The third-order valence-corrected chi connectivity index (χ3v) is 2.58. The van der Waals surface area contributed by atoms with Gasteiger partial charge in [0.05, 0.1) is 0 Å². The zero-order valence-corrected chi connectivity index (χ0v) is 9.57. The normalized spacial score (nSPS) is 12.8. The van der Waals surface area contributed by atoms with Gasteiger partial charge >= 0.3 is 0 Å². The summed E-state index contributed by atoms with van der Waals surface area (Å²) < 4.78 is 34.8. The fourth-order valence-corrected chi connectivity index (χ4v) is 1.61. The van der Waals surface area contributed by atoms with Crippen LogP contribution in [-0.2, 0) is 17.7 Å². The number of hydrogen-bond acceptors (Lipinski definition) is 1. The lowest BCUT2D eigenvalue weighted by atomic mass is 10.1. The molecule has 0 fully saturated rings. The monoisotopic (exact) mass is 281 g/mol. The summed E-state index contributed by atoms with van der Waals surface area (Å²) >= 11 is 1.11. The maximum absolute atomic E-state index is 13.2. The highest BCUT2D eigenvalue weighted by molar-refractivity contribution is 9.10. The van der Waals surface area contributed by atoms with Gasteiger partial charge < -0.3 is 0 Å². The van der Waals surface area contributed by atoms with Gasteiger partial charge in [0.2, 0.25) is 11.3 Å². The molecule has 0 spiro atoms. The van der Waals surface area contributed by atoms with E-state index in [2.05, 4.69) is 20.7 Å². The molecule has 0 amide bonds. The summed E-state index contributed by atoms with van der Waals surface area (Å²) in [5.41, 5.74) is 0.520. The van der Waals surface area contributed by atoms with Crippen LogP contribution in [0.15, 0.2) is 22.7 Å². The molecule has 3 nitrogen and oxygen atoms in total. The van der Waals surface area contributed by atoms with Crippen LogP contribution in [0.5, 0.6) is 0 Å². The van der Waals surface area contributed by atoms with Gasteiger partial charge in [-0.25, -0.2) is 13.3 Å². The minimum atomic E-state index is -2.03. The SMILES string of the molecule is O=S(O)NCCc1ccc(Br)cc1F. The second-order valence-electron chi connectivity index (χ2n) is 2.63. The van der Waals surface area contributed by atoms with Crippen LogP contribution in [0.4, 0.5) is 4.39 Å². The van der Waals surface area contributed by atoms with E-state index < -0.39 is 11.3 Å². The second kappa shape index (κ2) is 5.55. The molecule has 0 heterocycles. The molecule has 1 aromatic rings. The predicted molar refractivity (Wildman–Crippen MR) is 56.6 cm³/mol. The van der Waals surface area contributed by atoms with Crippen molar-refractivity contribution in [1.29, 1.82) is 0 Å². The number of hydrogen-bond donors (Lipinski definition) is 2. The van der Waals surface area contributed by atoms with Crippen molar-refractivity contribution >= 4 is 27.2 Å². The summed E-state index contributed by atoms with van der Waals surface area (Å²) in [6.45, 7) is 0.266. The zero-order chi connectivity index (χ0) is 10.6. The van der Waals surface area contributed by atoms with E-state index >= 15 is 0 Å². The Hall–Kier alpha value is -0.300. The average molecular weight is 282 g/mol. The highest BCUT2D eigenvalue weighted by atomic mass is 79.9. The zero-order valence-electron chi connectivity index (χ0n) is 7.17. The van der Waals surface area contributed by atoms with Crippen molar-refractivity contribution in [2.24, 2.45) is 0 Å². The minimum Gasteiger partial charge on any atom is -0.294 e. The van der Waals surface area contributed by atoms with E-state index in [0.717, 1.165) is 0 Å². The Kier molecular flexibility index (Phi) is 4.67. The topological polar surface area (TPSA) is 49.3 Å². The molecule has 1 aromatic carbocycles. The summed E-state index contributed by atoms with van der Waals surface area (Å²) in [5.74, 6) is -0.315. The van der Waals surface area contributed by atoms with Gasteiger partial charge in [-0.2, -0.15) is 0 Å². The van der Waals surface area contributed by atoms with Crippen LogP contribution in [0.3, 0.4) is 0 Å². The Morgan fingerprint density at radius 3 is 2.86 bits per heavy atom. The molecule has 0 radical (unpaired) electrons. The third-order valence-electron chi connectivity index (χ3n) is 1.63. The fourth-order valence-electron chi connectivity index (χ4n) is 0.997. The number of nitrogens with one attached hydrogen (secondary N) is 1. The van der Waals surface area contributed by atoms with Gasteiger partial charge in [-0.3, -0.25) is 4.55 Å². The Labute approximate surface area is 92.3 Å². The first-order valence-electron chi connectivity index (χ1n) is 3.88. The first-order chi connectivity index (χ1) is 6.59. The molecule has 78 valence electrons. The van der Waals surface area contributed by atoms with Crippen molar-refractivity contribution in [3.8, 4) is 0 Å². The smallest absolute Gasteiger partial charge is 0.231 e. The molecular weight excluding hydrogens is 273 g/mol. The lowest BCUT2D eigenvalue weighted by Crippen LogP contribution is -2.19. The Morgan fingerprint density at radius 1 is 1.57 bits per heavy atom. The second-order valence-corrected chi connectivity index (χ2v) is 4.33. The molecule has 0 saturated heterocycles. The Balaban J connectivity index is 2.55. The minimum absolute atomic E-state index is 0.266. The maximum Gasteiger partial charge on any atom is 0.231 e. The first kappa shape index (κ1) is 11.8. The van der Waals surface area contributed by atoms with Crippen molar-refractivity contribution in [2.45, 2.75) is 6.42 Å². The average Bonchev–Trinajstić information content (AvgIpc) is 2.08. The standard InChI is InChI=1S/C8H9BrFNO2S/c9-7-2-1-6(8(10)5-7)3-4-11-14(12)13/h1-2,5,11H,3-4H2,(H,12,13). The van der Waals surface area contributed by atoms with Crippen LogP contribution in [0.1, 0.15) is 5.56 Å². The summed E-state index contributed by atoms with van der Waals surface area (Å²) in [7, 11) is 0. The predicted octanol–water partition coefficient (Wildman–Crippen LogP) is 1.86. The van der Waals surface area contributed by atoms with Crippen LogP contribution in [0.25, 0.3) is 0 Å². The molecule has 1 rings (SSSR count). The van der Waals surface area contributed by atoms with E-state index in [9.17, 15) is 8.60 Å².